The molecule has 8 aromatic rings. The maximum Gasteiger partial charge on any atom is 0.151 e. The topological polar surface area (TPSA) is 12.5 Å². The van der Waals surface area contributed by atoms with E-state index in [-0.39, 0.29) is 5.41 Å². The summed E-state index contributed by atoms with van der Waals surface area (Å²) in [6.07, 6.45) is 0.861. The first-order valence-electron chi connectivity index (χ1n) is 18.0. The number of anilines is 3. The molecule has 0 saturated carbocycles. The van der Waals surface area contributed by atoms with Crippen LogP contribution >= 0.6 is 0 Å². The number of hydrogen-bond donors (Lipinski definition) is 0. The van der Waals surface area contributed by atoms with E-state index >= 15 is 0 Å². The summed E-state index contributed by atoms with van der Waals surface area (Å²) in [6.45, 7) is 5.32. The molecule has 1 aliphatic heterocycles. The number of fused-ring (bicyclic) bond motifs is 9. The third kappa shape index (κ3) is 4.71. The first kappa shape index (κ1) is 29.8. The standard InChI is InChI=1S/C49H37NO/c1-49(2)44-16-8-7-14-41(44)42-27-26-39(31-45(42)49)50(38-24-22-33(23-25-38)37-21-18-32-10-3-4-12-36(32)30-37)46-17-9-15-43-47-35(28-29-51-48(43)46)20-19-34-11-5-6-13-40(34)47/h3-27,30-31H,28-29H2,1-2H3. The van der Waals surface area contributed by atoms with Gasteiger partial charge in [-0.25, -0.2) is 0 Å². The summed E-state index contributed by atoms with van der Waals surface area (Å²) in [5.74, 6) is 0.925. The van der Waals surface area contributed by atoms with Crippen molar-refractivity contribution >= 4 is 38.6 Å². The molecular weight excluding hydrogens is 619 g/mol. The van der Waals surface area contributed by atoms with Crippen LogP contribution in [0.25, 0.3) is 54.9 Å². The van der Waals surface area contributed by atoms with Gasteiger partial charge in [-0.1, -0.05) is 141 Å². The molecule has 1 aliphatic carbocycles. The van der Waals surface area contributed by atoms with Gasteiger partial charge in [-0.15, -0.1) is 0 Å². The number of ether oxygens (including phenoxy) is 1. The second kappa shape index (κ2) is 11.5. The molecule has 2 aliphatic rings. The van der Waals surface area contributed by atoms with Gasteiger partial charge in [0.25, 0.3) is 0 Å². The number of hydrogen-bond acceptors (Lipinski definition) is 2. The average molecular weight is 656 g/mol. The van der Waals surface area contributed by atoms with Crippen molar-refractivity contribution in [3.8, 4) is 39.1 Å². The van der Waals surface area contributed by atoms with E-state index in [0.29, 0.717) is 6.61 Å². The minimum atomic E-state index is -0.116. The fourth-order valence-corrected chi connectivity index (χ4v) is 8.59. The number of nitrogens with zero attached hydrogens (tertiary/aromatic N) is 1. The molecule has 1 heterocycles. The molecule has 2 heteroatoms. The maximum absolute atomic E-state index is 6.81. The van der Waals surface area contributed by atoms with Gasteiger partial charge in [0.1, 0.15) is 0 Å². The fourth-order valence-electron chi connectivity index (χ4n) is 8.59. The van der Waals surface area contributed by atoms with Crippen LogP contribution in [0, 0.1) is 0 Å². The summed E-state index contributed by atoms with van der Waals surface area (Å²) in [5, 5.41) is 5.02. The van der Waals surface area contributed by atoms with Gasteiger partial charge in [0.05, 0.1) is 12.3 Å². The van der Waals surface area contributed by atoms with E-state index in [9.17, 15) is 0 Å². The minimum absolute atomic E-state index is 0.116. The summed E-state index contributed by atoms with van der Waals surface area (Å²) in [4.78, 5) is 2.40. The van der Waals surface area contributed by atoms with E-state index in [1.807, 2.05) is 0 Å². The smallest absolute Gasteiger partial charge is 0.151 e. The van der Waals surface area contributed by atoms with Crippen molar-refractivity contribution in [1.82, 2.24) is 0 Å². The van der Waals surface area contributed by atoms with Crippen LogP contribution < -0.4 is 9.64 Å². The van der Waals surface area contributed by atoms with Crippen LogP contribution in [0.15, 0.2) is 164 Å². The molecule has 0 spiro atoms. The first-order valence-corrected chi connectivity index (χ1v) is 18.0. The van der Waals surface area contributed by atoms with E-state index in [2.05, 4.69) is 183 Å². The Bertz CT molecular complexity index is 2650. The Balaban J connectivity index is 1.17. The third-order valence-corrected chi connectivity index (χ3v) is 11.2. The predicted molar refractivity (Wildman–Crippen MR) is 214 cm³/mol. The molecule has 244 valence electrons. The lowest BCUT2D eigenvalue weighted by Crippen LogP contribution is -2.17. The molecule has 0 amide bonds. The van der Waals surface area contributed by atoms with Crippen LogP contribution in [0.4, 0.5) is 17.1 Å². The summed E-state index contributed by atoms with van der Waals surface area (Å²) in [7, 11) is 0. The summed E-state index contributed by atoms with van der Waals surface area (Å²) in [6, 6.07) is 60.1. The Morgan fingerprint density at radius 1 is 0.510 bits per heavy atom. The molecular formula is C49H37NO. The van der Waals surface area contributed by atoms with E-state index in [0.717, 1.165) is 34.8 Å². The lowest BCUT2D eigenvalue weighted by atomic mass is 9.82. The van der Waals surface area contributed by atoms with Crippen LogP contribution in [-0.4, -0.2) is 6.61 Å². The lowest BCUT2D eigenvalue weighted by Gasteiger charge is -2.30. The lowest BCUT2D eigenvalue weighted by molar-refractivity contribution is 0.327. The van der Waals surface area contributed by atoms with Gasteiger partial charge >= 0.3 is 0 Å². The number of benzene rings is 8. The van der Waals surface area contributed by atoms with Gasteiger partial charge in [-0.05, 0) is 102 Å². The maximum atomic E-state index is 6.81. The molecule has 8 aromatic carbocycles. The zero-order chi connectivity index (χ0) is 34.1. The molecule has 0 N–H and O–H groups in total. The van der Waals surface area contributed by atoms with Gasteiger partial charge in [0.2, 0.25) is 0 Å². The van der Waals surface area contributed by atoms with Gasteiger partial charge in [0, 0.05) is 28.8 Å². The second-order valence-corrected chi connectivity index (χ2v) is 14.4. The molecule has 2 nitrogen and oxygen atoms in total. The molecule has 0 unspecified atom stereocenters. The molecule has 51 heavy (non-hydrogen) atoms. The van der Waals surface area contributed by atoms with Crippen molar-refractivity contribution in [2.24, 2.45) is 0 Å². The highest BCUT2D eigenvalue weighted by Crippen LogP contribution is 2.53. The van der Waals surface area contributed by atoms with Crippen molar-refractivity contribution in [1.29, 1.82) is 0 Å². The van der Waals surface area contributed by atoms with Crippen molar-refractivity contribution in [3.05, 3.63) is 180 Å². The molecule has 10 rings (SSSR count). The fraction of sp³-hybridized carbons (Fsp3) is 0.102. The van der Waals surface area contributed by atoms with Crippen LogP contribution in [-0.2, 0) is 11.8 Å². The van der Waals surface area contributed by atoms with E-state index in [4.69, 9.17) is 4.74 Å². The Hall–Kier alpha value is -6.12. The van der Waals surface area contributed by atoms with Crippen LogP contribution in [0.2, 0.25) is 0 Å². The van der Waals surface area contributed by atoms with Gasteiger partial charge in [0.15, 0.2) is 5.75 Å². The third-order valence-electron chi connectivity index (χ3n) is 11.2. The number of para-hydroxylation sites is 1. The second-order valence-electron chi connectivity index (χ2n) is 14.4. The zero-order valence-electron chi connectivity index (χ0n) is 28.9. The zero-order valence-corrected chi connectivity index (χ0v) is 28.9. The quantitative estimate of drug-likeness (QED) is 0.187. The molecule has 0 bridgehead atoms. The van der Waals surface area contributed by atoms with E-state index in [1.54, 1.807) is 0 Å². The molecule has 0 radical (unpaired) electrons. The monoisotopic (exact) mass is 655 g/mol. The highest BCUT2D eigenvalue weighted by atomic mass is 16.5. The normalized spacial score (nSPS) is 13.8. The van der Waals surface area contributed by atoms with Crippen LogP contribution in [0.1, 0.15) is 30.5 Å². The van der Waals surface area contributed by atoms with Crippen molar-refractivity contribution < 1.29 is 4.74 Å². The Morgan fingerprint density at radius 2 is 1.20 bits per heavy atom. The Morgan fingerprint density at radius 3 is 2.08 bits per heavy atom. The van der Waals surface area contributed by atoms with Gasteiger partial charge < -0.3 is 9.64 Å². The van der Waals surface area contributed by atoms with Crippen molar-refractivity contribution in [2.75, 3.05) is 11.5 Å². The first-order chi connectivity index (χ1) is 25.0. The number of rotatable bonds is 4. The Labute approximate surface area is 299 Å². The molecule has 0 saturated heterocycles. The van der Waals surface area contributed by atoms with Crippen molar-refractivity contribution in [3.63, 3.8) is 0 Å². The van der Waals surface area contributed by atoms with E-state index < -0.39 is 0 Å². The highest BCUT2D eigenvalue weighted by molar-refractivity contribution is 6.02. The highest BCUT2D eigenvalue weighted by Gasteiger charge is 2.36. The van der Waals surface area contributed by atoms with Crippen LogP contribution in [0.3, 0.4) is 0 Å². The predicted octanol–water partition coefficient (Wildman–Crippen LogP) is 13.0. The average Bonchev–Trinajstić information content (AvgIpc) is 3.28. The summed E-state index contributed by atoms with van der Waals surface area (Å²) < 4.78 is 6.81. The molecule has 0 aromatic heterocycles. The van der Waals surface area contributed by atoms with E-state index in [1.165, 1.54) is 66.1 Å². The minimum Gasteiger partial charge on any atom is -0.490 e. The summed E-state index contributed by atoms with van der Waals surface area (Å²) >= 11 is 0. The van der Waals surface area contributed by atoms with Crippen LogP contribution in [0.5, 0.6) is 5.75 Å². The SMILES string of the molecule is CC1(C)c2ccccc2-c2ccc(N(c3ccc(-c4ccc5ccccc5c4)cc3)c3cccc4c3OCCc3ccc5ccccc5c3-4)cc21. The van der Waals surface area contributed by atoms with Gasteiger partial charge in [-0.2, -0.15) is 0 Å². The van der Waals surface area contributed by atoms with Gasteiger partial charge in [-0.3, -0.25) is 0 Å². The Kier molecular flexibility index (Phi) is 6.69. The molecule has 0 atom stereocenters. The molecule has 0 fully saturated rings. The van der Waals surface area contributed by atoms with Crippen molar-refractivity contribution in [2.45, 2.75) is 25.7 Å². The largest absolute Gasteiger partial charge is 0.490 e. The summed E-state index contributed by atoms with van der Waals surface area (Å²) in [5.41, 5.74) is 14.7.